The van der Waals surface area contributed by atoms with E-state index < -0.39 is 5.92 Å². The van der Waals surface area contributed by atoms with Crippen LogP contribution in [-0.2, 0) is 14.3 Å². The Bertz CT molecular complexity index is 1460. The van der Waals surface area contributed by atoms with E-state index in [4.69, 9.17) is 9.47 Å². The number of aromatic nitrogens is 2. The number of carbonyl (C=O) groups excluding carboxylic acids is 2. The summed E-state index contributed by atoms with van der Waals surface area (Å²) in [5.74, 6) is 0.0968. The Labute approximate surface area is 222 Å². The number of rotatable bonds is 5. The first-order valence-electron chi connectivity index (χ1n) is 13.9. The van der Waals surface area contributed by atoms with Crippen LogP contribution in [0.4, 0.5) is 0 Å². The number of carbonyl (C=O) groups is 2. The minimum Gasteiger partial charge on any atom is -0.496 e. The molecule has 7 heteroatoms. The molecule has 2 N–H and O–H groups in total. The fraction of sp³-hybridized carbons (Fsp3) is 0.452. The number of ketones is 1. The van der Waals surface area contributed by atoms with Crippen molar-refractivity contribution in [2.45, 2.75) is 76.7 Å². The van der Waals surface area contributed by atoms with E-state index in [1.54, 1.807) is 13.4 Å². The summed E-state index contributed by atoms with van der Waals surface area (Å²) in [5.41, 5.74) is 4.98. The van der Waals surface area contributed by atoms with Crippen LogP contribution in [0.5, 0.6) is 5.75 Å². The summed E-state index contributed by atoms with van der Waals surface area (Å²) in [6.07, 6.45) is 11.6. The van der Waals surface area contributed by atoms with Gasteiger partial charge in [-0.25, -0.2) is 9.78 Å². The zero-order chi connectivity index (χ0) is 26.2. The third kappa shape index (κ3) is 4.38. The molecule has 1 aromatic heterocycles. The molecule has 3 aliphatic carbocycles. The SMILES string of the molecule is COc1ccccc1C1CC(=O)C2=C(C1)NC(C)=C(C(=O)OC1CCCCC1)[C@H]2C1=c2nc[nH]c2=CCC1. The van der Waals surface area contributed by atoms with Crippen molar-refractivity contribution in [3.63, 3.8) is 0 Å². The molecule has 0 saturated heterocycles. The third-order valence-corrected chi connectivity index (χ3v) is 8.54. The van der Waals surface area contributed by atoms with Gasteiger partial charge < -0.3 is 19.8 Å². The lowest BCUT2D eigenvalue weighted by atomic mass is 9.70. The van der Waals surface area contributed by atoms with Gasteiger partial charge in [0.1, 0.15) is 11.9 Å². The molecule has 4 aliphatic rings. The van der Waals surface area contributed by atoms with E-state index in [1.165, 1.54) is 6.42 Å². The number of aromatic amines is 1. The summed E-state index contributed by atoms with van der Waals surface area (Å²) < 4.78 is 11.7. The van der Waals surface area contributed by atoms with Gasteiger partial charge in [-0.05, 0) is 69.1 Å². The monoisotopic (exact) mass is 513 g/mol. The Kier molecular flexibility index (Phi) is 6.68. The second-order valence-electron chi connectivity index (χ2n) is 10.9. The van der Waals surface area contributed by atoms with E-state index in [2.05, 4.69) is 21.4 Å². The first-order valence-corrected chi connectivity index (χ1v) is 13.9. The molecule has 0 spiro atoms. The quantitative estimate of drug-likeness (QED) is 0.589. The van der Waals surface area contributed by atoms with Crippen LogP contribution < -0.4 is 20.8 Å². The molecule has 38 heavy (non-hydrogen) atoms. The Morgan fingerprint density at radius 3 is 2.74 bits per heavy atom. The summed E-state index contributed by atoms with van der Waals surface area (Å²) in [6.45, 7) is 1.94. The maximum absolute atomic E-state index is 14.0. The van der Waals surface area contributed by atoms with Crippen LogP contribution >= 0.6 is 0 Å². The molecule has 198 valence electrons. The first kappa shape index (κ1) is 24.7. The van der Waals surface area contributed by atoms with Crippen molar-refractivity contribution in [1.82, 2.24) is 15.3 Å². The van der Waals surface area contributed by atoms with Crippen LogP contribution in [-0.4, -0.2) is 34.9 Å². The zero-order valence-corrected chi connectivity index (χ0v) is 22.1. The maximum atomic E-state index is 14.0. The number of allylic oxidation sites excluding steroid dienone is 3. The molecule has 2 aromatic rings. The number of fused-ring (bicyclic) bond motifs is 1. The molecule has 2 atom stereocenters. The molecule has 2 heterocycles. The summed E-state index contributed by atoms with van der Waals surface area (Å²) in [6, 6.07) is 7.92. The van der Waals surface area contributed by atoms with Gasteiger partial charge in [0.05, 0.1) is 29.7 Å². The number of hydrogen-bond donors (Lipinski definition) is 2. The van der Waals surface area contributed by atoms with Gasteiger partial charge >= 0.3 is 5.97 Å². The molecule has 7 nitrogen and oxygen atoms in total. The van der Waals surface area contributed by atoms with E-state index in [9.17, 15) is 9.59 Å². The topological polar surface area (TPSA) is 93.3 Å². The Morgan fingerprint density at radius 2 is 1.92 bits per heavy atom. The standard InChI is InChI=1S/C31H35N3O4/c1-18-27(31(36)38-20-9-4-3-5-10-20)28(22-12-8-13-23-30(22)33-17-32-23)29-24(34-18)15-19(16-25(29)35)21-11-6-7-14-26(21)37-2/h6-7,11,13-14,17,19-20,28,34H,3-5,8-10,12,15-16H2,1-2H3,(H,32,33)/t19?,28-/m1/s1. The van der Waals surface area contributed by atoms with E-state index in [0.717, 1.165) is 77.5 Å². The van der Waals surface area contributed by atoms with Gasteiger partial charge in [0.25, 0.3) is 0 Å². The minimum absolute atomic E-state index is 0.000255. The van der Waals surface area contributed by atoms with Gasteiger partial charge in [-0.1, -0.05) is 30.7 Å². The molecule has 6 rings (SSSR count). The van der Waals surface area contributed by atoms with Gasteiger partial charge in [0.2, 0.25) is 0 Å². The Morgan fingerprint density at radius 1 is 1.11 bits per heavy atom. The lowest BCUT2D eigenvalue weighted by Crippen LogP contribution is -2.41. The smallest absolute Gasteiger partial charge is 0.337 e. The maximum Gasteiger partial charge on any atom is 0.337 e. The van der Waals surface area contributed by atoms with Crippen molar-refractivity contribution in [2.24, 2.45) is 5.92 Å². The average molecular weight is 514 g/mol. The van der Waals surface area contributed by atoms with Crippen molar-refractivity contribution in [1.29, 1.82) is 0 Å². The molecule has 1 aromatic carbocycles. The summed E-state index contributed by atoms with van der Waals surface area (Å²) in [5, 5.41) is 5.30. The first-order chi connectivity index (χ1) is 18.5. The van der Waals surface area contributed by atoms with E-state index in [0.29, 0.717) is 24.0 Å². The van der Waals surface area contributed by atoms with Crippen LogP contribution in [0.3, 0.4) is 0 Å². The van der Waals surface area contributed by atoms with Crippen LogP contribution in [0.2, 0.25) is 0 Å². The van der Waals surface area contributed by atoms with Gasteiger partial charge in [-0.15, -0.1) is 0 Å². The van der Waals surface area contributed by atoms with Crippen LogP contribution in [0.15, 0.2) is 53.1 Å². The average Bonchev–Trinajstić information content (AvgIpc) is 3.42. The molecule has 0 radical (unpaired) electrons. The lowest BCUT2D eigenvalue weighted by molar-refractivity contribution is -0.146. The predicted molar refractivity (Wildman–Crippen MR) is 144 cm³/mol. The summed E-state index contributed by atoms with van der Waals surface area (Å²) in [4.78, 5) is 35.7. The fourth-order valence-corrected chi connectivity index (χ4v) is 6.77. The van der Waals surface area contributed by atoms with Gasteiger partial charge in [0, 0.05) is 35.2 Å². The normalized spacial score (nSPS) is 23.8. The highest BCUT2D eigenvalue weighted by Crippen LogP contribution is 2.46. The number of methoxy groups -OCH3 is 1. The molecular weight excluding hydrogens is 478 g/mol. The van der Waals surface area contributed by atoms with Crippen molar-refractivity contribution >= 4 is 23.4 Å². The fourth-order valence-electron chi connectivity index (χ4n) is 6.77. The number of H-pyrrole nitrogens is 1. The number of dihydropyridines is 1. The van der Waals surface area contributed by atoms with E-state index in [-0.39, 0.29) is 23.8 Å². The van der Waals surface area contributed by atoms with Crippen LogP contribution in [0.1, 0.15) is 76.2 Å². The molecule has 0 amide bonds. The molecule has 1 aliphatic heterocycles. The van der Waals surface area contributed by atoms with Gasteiger partial charge in [0.15, 0.2) is 5.78 Å². The second kappa shape index (κ2) is 10.3. The van der Waals surface area contributed by atoms with Crippen molar-refractivity contribution in [2.75, 3.05) is 7.11 Å². The summed E-state index contributed by atoms with van der Waals surface area (Å²) in [7, 11) is 1.67. The molecule has 0 bridgehead atoms. The molecular formula is C31H35N3O4. The van der Waals surface area contributed by atoms with Gasteiger partial charge in [-0.2, -0.15) is 0 Å². The van der Waals surface area contributed by atoms with Crippen molar-refractivity contribution < 1.29 is 19.1 Å². The number of para-hydroxylation sites is 1. The summed E-state index contributed by atoms with van der Waals surface area (Å²) >= 11 is 0. The van der Waals surface area contributed by atoms with Crippen LogP contribution in [0.25, 0.3) is 11.6 Å². The number of Topliss-reactive ketones (excluding diaryl/α,β-unsaturated/α-hetero) is 1. The number of hydrogen-bond acceptors (Lipinski definition) is 6. The lowest BCUT2D eigenvalue weighted by Gasteiger charge is -2.38. The predicted octanol–water partition coefficient (Wildman–Crippen LogP) is 3.91. The Balaban J connectivity index is 1.44. The van der Waals surface area contributed by atoms with Crippen LogP contribution in [0, 0.1) is 5.92 Å². The highest BCUT2D eigenvalue weighted by atomic mass is 16.5. The minimum atomic E-state index is -0.454. The number of esters is 1. The highest BCUT2D eigenvalue weighted by Gasteiger charge is 2.43. The van der Waals surface area contributed by atoms with E-state index >= 15 is 0 Å². The van der Waals surface area contributed by atoms with Crippen molar-refractivity contribution in [3.8, 4) is 5.75 Å². The second-order valence-corrected chi connectivity index (χ2v) is 10.9. The van der Waals surface area contributed by atoms with E-state index in [1.807, 2.05) is 31.2 Å². The largest absolute Gasteiger partial charge is 0.496 e. The third-order valence-electron chi connectivity index (χ3n) is 8.54. The van der Waals surface area contributed by atoms with Gasteiger partial charge in [-0.3, -0.25) is 4.79 Å². The molecule has 1 unspecified atom stereocenters. The Hall–Kier alpha value is -3.61. The number of imidazole rings is 1. The highest BCUT2D eigenvalue weighted by molar-refractivity contribution is 6.05. The zero-order valence-electron chi connectivity index (χ0n) is 22.1. The number of benzene rings is 1. The van der Waals surface area contributed by atoms with Crippen molar-refractivity contribution in [3.05, 3.63) is 69.4 Å². The molecule has 1 saturated carbocycles. The number of nitrogens with one attached hydrogen (secondary N) is 2. The number of ether oxygens (including phenoxy) is 2. The molecule has 1 fully saturated rings. The number of nitrogens with zero attached hydrogens (tertiary/aromatic N) is 1.